The van der Waals surface area contributed by atoms with E-state index in [-0.39, 0.29) is 4.87 Å². The van der Waals surface area contributed by atoms with Crippen LogP contribution in [-0.4, -0.2) is 24.5 Å². The minimum Gasteiger partial charge on any atom is -0.294 e. The van der Waals surface area contributed by atoms with Crippen LogP contribution >= 0.6 is 11.5 Å². The van der Waals surface area contributed by atoms with Gasteiger partial charge in [0, 0.05) is 29.5 Å². The number of aromatic amines is 2. The van der Waals surface area contributed by atoms with E-state index < -0.39 is 0 Å². The van der Waals surface area contributed by atoms with Crippen molar-refractivity contribution < 1.29 is 0 Å². The molecule has 0 radical (unpaired) electrons. The summed E-state index contributed by atoms with van der Waals surface area (Å²) in [6.45, 7) is 0. The van der Waals surface area contributed by atoms with Crippen molar-refractivity contribution in [1.82, 2.24) is 24.5 Å². The van der Waals surface area contributed by atoms with Gasteiger partial charge in [0.05, 0.1) is 5.69 Å². The lowest BCUT2D eigenvalue weighted by molar-refractivity contribution is 1.08. The largest absolute Gasteiger partial charge is 0.323 e. The van der Waals surface area contributed by atoms with Gasteiger partial charge in [0.2, 0.25) is 0 Å². The summed E-state index contributed by atoms with van der Waals surface area (Å²) in [6.07, 6.45) is 3.41. The molecule has 0 fully saturated rings. The maximum absolute atomic E-state index is 11.0. The second kappa shape index (κ2) is 3.95. The fraction of sp³-hybridized carbons (Fsp3) is 0. The Morgan fingerprint density at radius 1 is 1.24 bits per heavy atom. The normalized spacial score (nSPS) is 10.6. The van der Waals surface area contributed by atoms with E-state index in [2.05, 4.69) is 24.5 Å². The van der Waals surface area contributed by atoms with Gasteiger partial charge in [0.1, 0.15) is 5.69 Å². The van der Waals surface area contributed by atoms with Crippen LogP contribution in [0.15, 0.2) is 35.4 Å². The molecule has 0 aliphatic carbocycles. The SMILES string of the molecule is O=c1[nH]c(-c2cc(-c3ccncc3)n[nH]2)ns1. The van der Waals surface area contributed by atoms with Gasteiger partial charge in [-0.05, 0) is 18.2 Å². The van der Waals surface area contributed by atoms with Crippen LogP contribution < -0.4 is 4.87 Å². The summed E-state index contributed by atoms with van der Waals surface area (Å²) in [5.41, 5.74) is 2.44. The molecule has 84 valence electrons. The zero-order valence-electron chi connectivity index (χ0n) is 8.54. The Kier molecular flexibility index (Phi) is 2.30. The highest BCUT2D eigenvalue weighted by Crippen LogP contribution is 2.20. The molecule has 6 nitrogen and oxygen atoms in total. The zero-order valence-corrected chi connectivity index (χ0v) is 9.36. The lowest BCUT2D eigenvalue weighted by atomic mass is 10.2. The topological polar surface area (TPSA) is 87.3 Å². The first-order valence-corrected chi connectivity index (χ1v) is 5.62. The van der Waals surface area contributed by atoms with Crippen molar-refractivity contribution in [2.45, 2.75) is 0 Å². The van der Waals surface area contributed by atoms with Crippen LogP contribution in [0.2, 0.25) is 0 Å². The highest BCUT2D eigenvalue weighted by Gasteiger charge is 2.08. The molecular formula is C10H7N5OS. The summed E-state index contributed by atoms with van der Waals surface area (Å²) in [6, 6.07) is 5.56. The summed E-state index contributed by atoms with van der Waals surface area (Å²) < 4.78 is 3.98. The molecule has 0 aromatic carbocycles. The van der Waals surface area contributed by atoms with Crippen molar-refractivity contribution in [2.75, 3.05) is 0 Å². The summed E-state index contributed by atoms with van der Waals surface area (Å²) in [5, 5.41) is 7.00. The van der Waals surface area contributed by atoms with Crippen LogP contribution in [0.1, 0.15) is 0 Å². The molecule has 17 heavy (non-hydrogen) atoms. The lowest BCUT2D eigenvalue weighted by Gasteiger charge is -1.91. The van der Waals surface area contributed by atoms with E-state index in [1.165, 1.54) is 0 Å². The standard InChI is InChI=1S/C10H7N5OS/c16-10-12-9(15-17-10)8-5-7(13-14-8)6-1-3-11-4-2-6/h1-5H,(H,13,14)(H,12,15,16). The maximum Gasteiger partial charge on any atom is 0.323 e. The number of nitrogens with one attached hydrogen (secondary N) is 2. The van der Waals surface area contributed by atoms with Gasteiger partial charge in [0.15, 0.2) is 5.82 Å². The third-order valence-electron chi connectivity index (χ3n) is 2.25. The van der Waals surface area contributed by atoms with Crippen molar-refractivity contribution >= 4 is 11.5 Å². The smallest absolute Gasteiger partial charge is 0.294 e. The van der Waals surface area contributed by atoms with E-state index in [0.29, 0.717) is 11.5 Å². The molecule has 0 atom stereocenters. The Morgan fingerprint density at radius 3 is 2.76 bits per heavy atom. The Hall–Kier alpha value is -2.28. The van der Waals surface area contributed by atoms with Crippen molar-refractivity contribution in [2.24, 2.45) is 0 Å². The van der Waals surface area contributed by atoms with Crippen LogP contribution in [0.25, 0.3) is 22.8 Å². The van der Waals surface area contributed by atoms with E-state index in [4.69, 9.17) is 0 Å². The molecule has 0 amide bonds. The van der Waals surface area contributed by atoms with E-state index in [9.17, 15) is 4.79 Å². The van der Waals surface area contributed by atoms with Crippen LogP contribution in [0.3, 0.4) is 0 Å². The minimum absolute atomic E-state index is 0.180. The van der Waals surface area contributed by atoms with E-state index in [0.717, 1.165) is 22.8 Å². The van der Waals surface area contributed by atoms with Gasteiger partial charge < -0.3 is 0 Å². The van der Waals surface area contributed by atoms with Gasteiger partial charge in [-0.2, -0.15) is 9.47 Å². The first-order valence-electron chi connectivity index (χ1n) is 4.85. The van der Waals surface area contributed by atoms with E-state index >= 15 is 0 Å². The molecule has 7 heteroatoms. The molecule has 3 heterocycles. The molecule has 3 aromatic heterocycles. The van der Waals surface area contributed by atoms with Crippen molar-refractivity contribution in [3.05, 3.63) is 40.3 Å². The van der Waals surface area contributed by atoms with Gasteiger partial charge in [-0.15, -0.1) is 0 Å². The molecule has 0 saturated heterocycles. The monoisotopic (exact) mass is 245 g/mol. The summed E-state index contributed by atoms with van der Waals surface area (Å²) in [4.78, 5) is 17.4. The zero-order chi connectivity index (χ0) is 11.7. The molecule has 3 rings (SSSR count). The average Bonchev–Trinajstić information content (AvgIpc) is 2.98. The van der Waals surface area contributed by atoms with Crippen molar-refractivity contribution in [3.63, 3.8) is 0 Å². The lowest BCUT2D eigenvalue weighted by Crippen LogP contribution is -1.92. The molecule has 0 bridgehead atoms. The molecule has 3 aromatic rings. The van der Waals surface area contributed by atoms with Crippen LogP contribution in [0.5, 0.6) is 0 Å². The van der Waals surface area contributed by atoms with E-state index in [1.54, 1.807) is 12.4 Å². The fourth-order valence-corrected chi connectivity index (χ4v) is 1.92. The Morgan fingerprint density at radius 2 is 2.06 bits per heavy atom. The number of aromatic nitrogens is 5. The van der Waals surface area contributed by atoms with Crippen LogP contribution in [0.4, 0.5) is 0 Å². The van der Waals surface area contributed by atoms with Gasteiger partial charge in [-0.3, -0.25) is 19.9 Å². The first-order chi connectivity index (χ1) is 8.33. The molecular weight excluding hydrogens is 238 g/mol. The first kappa shape index (κ1) is 9.91. The minimum atomic E-state index is -0.180. The van der Waals surface area contributed by atoms with Crippen molar-refractivity contribution in [3.8, 4) is 22.8 Å². The predicted octanol–water partition coefficient (Wildman–Crippen LogP) is 1.28. The third-order valence-corrected chi connectivity index (χ3v) is 2.79. The van der Waals surface area contributed by atoms with Crippen LogP contribution in [-0.2, 0) is 0 Å². The van der Waals surface area contributed by atoms with Gasteiger partial charge in [0.25, 0.3) is 0 Å². The highest BCUT2D eigenvalue weighted by molar-refractivity contribution is 7.03. The van der Waals surface area contributed by atoms with Gasteiger partial charge in [-0.1, -0.05) is 0 Å². The van der Waals surface area contributed by atoms with Crippen LogP contribution in [0, 0.1) is 0 Å². The molecule has 0 aliphatic heterocycles. The molecule has 0 aliphatic rings. The van der Waals surface area contributed by atoms with Gasteiger partial charge >= 0.3 is 4.87 Å². The second-order valence-corrected chi connectivity index (χ2v) is 4.08. The molecule has 0 unspecified atom stereocenters. The second-order valence-electron chi connectivity index (χ2n) is 3.35. The molecule has 2 N–H and O–H groups in total. The Balaban J connectivity index is 2.01. The highest BCUT2D eigenvalue weighted by atomic mass is 32.1. The average molecular weight is 245 g/mol. The summed E-state index contributed by atoms with van der Waals surface area (Å²) in [7, 11) is 0. The molecule has 0 saturated carbocycles. The number of rotatable bonds is 2. The number of hydrogen-bond donors (Lipinski definition) is 2. The number of H-pyrrole nitrogens is 2. The number of hydrogen-bond acceptors (Lipinski definition) is 5. The molecule has 0 spiro atoms. The Bertz CT molecular complexity index is 684. The summed E-state index contributed by atoms with van der Waals surface area (Å²) in [5.74, 6) is 0.507. The van der Waals surface area contributed by atoms with Gasteiger partial charge in [-0.25, -0.2) is 0 Å². The predicted molar refractivity (Wildman–Crippen MR) is 63.5 cm³/mol. The number of pyridine rings is 1. The van der Waals surface area contributed by atoms with E-state index in [1.807, 2.05) is 18.2 Å². The van der Waals surface area contributed by atoms with Crippen molar-refractivity contribution in [1.29, 1.82) is 0 Å². The Labute approximate surface area is 99.5 Å². The third kappa shape index (κ3) is 1.87. The maximum atomic E-state index is 11.0. The fourth-order valence-electron chi connectivity index (χ4n) is 1.46. The summed E-state index contributed by atoms with van der Waals surface area (Å²) >= 11 is 0.885. The quantitative estimate of drug-likeness (QED) is 0.712. The number of nitrogens with zero attached hydrogens (tertiary/aromatic N) is 3.